The molecule has 1 aromatic carbocycles. The Morgan fingerprint density at radius 1 is 1.33 bits per heavy atom. The molecule has 27 heavy (non-hydrogen) atoms. The molecule has 0 unspecified atom stereocenters. The first-order valence-electron chi connectivity index (χ1n) is 8.43. The second-order valence-corrected chi connectivity index (χ2v) is 5.70. The number of hydrogen-bond donors (Lipinski definition) is 2. The number of nitrogens with zero attached hydrogens (tertiary/aromatic N) is 3. The average Bonchev–Trinajstić information content (AvgIpc) is 3.31. The van der Waals surface area contributed by atoms with E-state index in [4.69, 9.17) is 9.47 Å². The van der Waals surface area contributed by atoms with Gasteiger partial charge in [0.15, 0.2) is 17.5 Å². The fourth-order valence-corrected chi connectivity index (χ4v) is 2.60. The molecule has 0 radical (unpaired) electrons. The molecule has 0 aliphatic carbocycles. The monoisotopic (exact) mass is 381 g/mol. The van der Waals surface area contributed by atoms with E-state index in [0.717, 1.165) is 13.0 Å². The molecule has 2 aromatic rings. The van der Waals surface area contributed by atoms with E-state index in [2.05, 4.69) is 25.3 Å². The fraction of sp³-hybridized carbons (Fsp3) is 0.412. The molecule has 0 amide bonds. The minimum absolute atomic E-state index is 0.0392. The standard InChI is InChI=1S/C17H21F2N5O3/c1-20-17(22-3-2-5-24-6-4-21-10-24)23-9-12-7-14-15(26-11-25-14)8-13(12)27-16(18)19/h4,6-8,10,16H,2-3,5,9,11H2,1H3,(H2,20,22,23). The van der Waals surface area contributed by atoms with Crippen LogP contribution in [0.3, 0.4) is 0 Å². The Balaban J connectivity index is 1.54. The minimum Gasteiger partial charge on any atom is -0.454 e. The third-order valence-electron chi connectivity index (χ3n) is 3.89. The van der Waals surface area contributed by atoms with E-state index in [1.807, 2.05) is 10.8 Å². The number of aliphatic imine (C=N–C) groups is 1. The lowest BCUT2D eigenvalue weighted by atomic mass is 10.1. The fourth-order valence-electron chi connectivity index (χ4n) is 2.60. The van der Waals surface area contributed by atoms with Gasteiger partial charge in [0.2, 0.25) is 6.79 Å². The van der Waals surface area contributed by atoms with Gasteiger partial charge in [-0.3, -0.25) is 4.99 Å². The van der Waals surface area contributed by atoms with Crippen molar-refractivity contribution in [1.29, 1.82) is 0 Å². The first kappa shape index (κ1) is 18.7. The summed E-state index contributed by atoms with van der Waals surface area (Å²) < 4.78 is 42.5. The van der Waals surface area contributed by atoms with Gasteiger partial charge < -0.3 is 29.4 Å². The highest BCUT2D eigenvalue weighted by atomic mass is 19.3. The molecule has 10 heteroatoms. The highest BCUT2D eigenvalue weighted by Gasteiger charge is 2.20. The number of imidazole rings is 1. The van der Waals surface area contributed by atoms with Gasteiger partial charge >= 0.3 is 6.61 Å². The van der Waals surface area contributed by atoms with Gasteiger partial charge in [-0.2, -0.15) is 8.78 Å². The molecule has 0 saturated carbocycles. The molecule has 0 saturated heterocycles. The molecule has 0 atom stereocenters. The van der Waals surface area contributed by atoms with Crippen LogP contribution in [0.4, 0.5) is 8.78 Å². The third kappa shape index (κ3) is 5.22. The van der Waals surface area contributed by atoms with Gasteiger partial charge in [0.1, 0.15) is 5.75 Å². The second-order valence-electron chi connectivity index (χ2n) is 5.70. The van der Waals surface area contributed by atoms with Crippen LogP contribution in [0.5, 0.6) is 17.2 Å². The Bertz CT molecular complexity index is 768. The zero-order chi connectivity index (χ0) is 19.1. The van der Waals surface area contributed by atoms with Crippen LogP contribution in [0.2, 0.25) is 0 Å². The molecule has 8 nitrogen and oxygen atoms in total. The van der Waals surface area contributed by atoms with Crippen molar-refractivity contribution in [3.8, 4) is 17.2 Å². The Kier molecular flexibility index (Phi) is 6.29. The van der Waals surface area contributed by atoms with Gasteiger partial charge in [0, 0.05) is 50.7 Å². The van der Waals surface area contributed by atoms with E-state index in [0.29, 0.717) is 29.6 Å². The first-order valence-corrected chi connectivity index (χ1v) is 8.43. The maximum atomic E-state index is 12.7. The number of guanidine groups is 1. The predicted octanol–water partition coefficient (Wildman–Crippen LogP) is 1.97. The van der Waals surface area contributed by atoms with E-state index >= 15 is 0 Å². The lowest BCUT2D eigenvalue weighted by Gasteiger charge is -2.15. The summed E-state index contributed by atoms with van der Waals surface area (Å²) in [6, 6.07) is 3.03. The molecule has 1 aliphatic heterocycles. The lowest BCUT2D eigenvalue weighted by Crippen LogP contribution is -2.37. The summed E-state index contributed by atoms with van der Waals surface area (Å²) in [5, 5.41) is 6.26. The largest absolute Gasteiger partial charge is 0.454 e. The van der Waals surface area contributed by atoms with Gasteiger partial charge in [-0.05, 0) is 12.5 Å². The van der Waals surface area contributed by atoms with Crippen LogP contribution in [-0.2, 0) is 13.1 Å². The smallest absolute Gasteiger partial charge is 0.387 e. The molecule has 0 bridgehead atoms. The third-order valence-corrected chi connectivity index (χ3v) is 3.89. The number of rotatable bonds is 8. The number of halogens is 2. The predicted molar refractivity (Wildman–Crippen MR) is 94.2 cm³/mol. The van der Waals surface area contributed by atoms with Gasteiger partial charge in [-0.1, -0.05) is 0 Å². The summed E-state index contributed by atoms with van der Waals surface area (Å²) in [5.41, 5.74) is 0.515. The molecule has 3 rings (SSSR count). The number of benzene rings is 1. The Morgan fingerprint density at radius 3 is 2.85 bits per heavy atom. The normalized spacial score (nSPS) is 13.1. The van der Waals surface area contributed by atoms with Gasteiger partial charge in [0.05, 0.1) is 6.33 Å². The van der Waals surface area contributed by atoms with Crippen molar-refractivity contribution >= 4 is 5.96 Å². The molecule has 0 spiro atoms. The van der Waals surface area contributed by atoms with E-state index < -0.39 is 6.61 Å². The molecular formula is C17H21F2N5O3. The van der Waals surface area contributed by atoms with Gasteiger partial charge in [-0.15, -0.1) is 0 Å². The zero-order valence-corrected chi connectivity index (χ0v) is 14.8. The maximum Gasteiger partial charge on any atom is 0.387 e. The van der Waals surface area contributed by atoms with Crippen molar-refractivity contribution in [2.45, 2.75) is 26.1 Å². The summed E-state index contributed by atoms with van der Waals surface area (Å²) in [6.07, 6.45) is 6.27. The van der Waals surface area contributed by atoms with E-state index in [9.17, 15) is 8.78 Å². The van der Waals surface area contributed by atoms with Crippen molar-refractivity contribution < 1.29 is 23.0 Å². The van der Waals surface area contributed by atoms with Crippen molar-refractivity contribution in [3.05, 3.63) is 36.4 Å². The minimum atomic E-state index is -2.93. The summed E-state index contributed by atoms with van der Waals surface area (Å²) in [4.78, 5) is 8.12. The second kappa shape index (κ2) is 9.06. The van der Waals surface area contributed by atoms with Crippen LogP contribution >= 0.6 is 0 Å². The van der Waals surface area contributed by atoms with Crippen molar-refractivity contribution in [3.63, 3.8) is 0 Å². The highest BCUT2D eigenvalue weighted by molar-refractivity contribution is 5.79. The zero-order valence-electron chi connectivity index (χ0n) is 14.8. The van der Waals surface area contributed by atoms with Crippen LogP contribution in [0.1, 0.15) is 12.0 Å². The molecule has 2 heterocycles. The van der Waals surface area contributed by atoms with Gasteiger partial charge in [-0.25, -0.2) is 4.98 Å². The van der Waals surface area contributed by atoms with E-state index in [1.165, 1.54) is 6.07 Å². The number of fused-ring (bicyclic) bond motifs is 1. The molecule has 1 aliphatic rings. The first-order chi connectivity index (χ1) is 13.2. The van der Waals surface area contributed by atoms with E-state index in [-0.39, 0.29) is 19.1 Å². The van der Waals surface area contributed by atoms with Crippen LogP contribution in [-0.4, -0.2) is 42.5 Å². The molecule has 1 aromatic heterocycles. The van der Waals surface area contributed by atoms with Gasteiger partial charge in [0.25, 0.3) is 0 Å². The quantitative estimate of drug-likeness (QED) is 0.413. The number of nitrogens with one attached hydrogen (secondary N) is 2. The summed E-state index contributed by atoms with van der Waals surface area (Å²) >= 11 is 0. The lowest BCUT2D eigenvalue weighted by molar-refractivity contribution is -0.0505. The Morgan fingerprint density at radius 2 is 2.15 bits per heavy atom. The average molecular weight is 381 g/mol. The van der Waals surface area contributed by atoms with E-state index in [1.54, 1.807) is 25.6 Å². The number of alkyl halides is 2. The highest BCUT2D eigenvalue weighted by Crippen LogP contribution is 2.38. The van der Waals surface area contributed by atoms with Crippen LogP contribution in [0.25, 0.3) is 0 Å². The molecule has 2 N–H and O–H groups in total. The molecular weight excluding hydrogens is 360 g/mol. The number of ether oxygens (including phenoxy) is 3. The number of aryl methyl sites for hydroxylation is 1. The van der Waals surface area contributed by atoms with Crippen LogP contribution in [0.15, 0.2) is 35.8 Å². The Hall–Kier alpha value is -3.04. The number of hydrogen-bond acceptors (Lipinski definition) is 5. The molecule has 0 fully saturated rings. The van der Waals surface area contributed by atoms with Crippen molar-refractivity contribution in [2.24, 2.45) is 4.99 Å². The van der Waals surface area contributed by atoms with Crippen LogP contribution < -0.4 is 24.8 Å². The molecule has 146 valence electrons. The SMILES string of the molecule is CN=C(NCCCn1ccnc1)NCc1cc2c(cc1OC(F)F)OCO2. The summed E-state index contributed by atoms with van der Waals surface area (Å²) in [7, 11) is 1.64. The number of aromatic nitrogens is 2. The van der Waals surface area contributed by atoms with Crippen molar-refractivity contribution in [1.82, 2.24) is 20.2 Å². The van der Waals surface area contributed by atoms with Crippen LogP contribution in [0, 0.1) is 0 Å². The topological polar surface area (TPSA) is 81.9 Å². The summed E-state index contributed by atoms with van der Waals surface area (Å²) in [6.45, 7) is -1.11. The van der Waals surface area contributed by atoms with Crippen molar-refractivity contribution in [2.75, 3.05) is 20.4 Å². The Labute approximate surface area is 155 Å². The summed E-state index contributed by atoms with van der Waals surface area (Å²) in [5.74, 6) is 1.48. The maximum absolute atomic E-state index is 12.7.